The Bertz CT molecular complexity index is 1680. The fourth-order valence-electron chi connectivity index (χ4n) is 4.17. The van der Waals surface area contributed by atoms with E-state index >= 15 is 0 Å². The largest absolute Gasteiger partial charge is 0.416 e. The van der Waals surface area contributed by atoms with Crippen LogP contribution >= 0.6 is 0 Å². The fraction of sp³-hybridized carbons (Fsp3) is 0.172. The minimum Gasteiger partial charge on any atom is -0.378 e. The van der Waals surface area contributed by atoms with Crippen molar-refractivity contribution in [1.82, 2.24) is 19.5 Å². The van der Waals surface area contributed by atoms with Gasteiger partial charge in [-0.2, -0.15) is 23.1 Å². The number of halogens is 3. The third-order valence-electron chi connectivity index (χ3n) is 6.18. The number of carbonyl (C=O) groups excluding carboxylic acids is 1. The highest BCUT2D eigenvalue weighted by Crippen LogP contribution is 2.30. The number of fused-ring (bicyclic) bond motifs is 1. The van der Waals surface area contributed by atoms with Gasteiger partial charge in [-0.05, 0) is 60.2 Å². The molecular formula is C29H27F3N8O. The molecule has 0 radical (unpaired) electrons. The second-order valence-electron chi connectivity index (χ2n) is 9.59. The van der Waals surface area contributed by atoms with Crippen molar-refractivity contribution in [2.75, 3.05) is 34.9 Å². The molecule has 0 aliphatic carbocycles. The maximum atomic E-state index is 13.0. The Kier molecular flexibility index (Phi) is 7.47. The van der Waals surface area contributed by atoms with E-state index in [1.807, 2.05) is 43.3 Å². The van der Waals surface area contributed by atoms with Crippen LogP contribution < -0.4 is 20.9 Å². The van der Waals surface area contributed by atoms with Crippen LogP contribution in [0.1, 0.15) is 18.1 Å². The number of alkyl halides is 3. The van der Waals surface area contributed by atoms with Gasteiger partial charge in [-0.15, -0.1) is 0 Å². The summed E-state index contributed by atoms with van der Waals surface area (Å²) < 4.78 is 40.9. The molecule has 0 saturated heterocycles. The smallest absolute Gasteiger partial charge is 0.378 e. The van der Waals surface area contributed by atoms with Crippen molar-refractivity contribution >= 4 is 51.6 Å². The molecule has 3 N–H and O–H groups in total. The zero-order valence-electron chi connectivity index (χ0n) is 22.5. The van der Waals surface area contributed by atoms with Crippen LogP contribution in [0.2, 0.25) is 0 Å². The van der Waals surface area contributed by atoms with Gasteiger partial charge in [-0.3, -0.25) is 4.79 Å². The van der Waals surface area contributed by atoms with Gasteiger partial charge in [0.2, 0.25) is 11.9 Å². The van der Waals surface area contributed by atoms with Gasteiger partial charge >= 0.3 is 6.18 Å². The number of carbonyl (C=O) groups is 1. The van der Waals surface area contributed by atoms with E-state index in [1.54, 1.807) is 35.2 Å². The van der Waals surface area contributed by atoms with Crippen LogP contribution in [0.25, 0.3) is 11.2 Å². The number of nitrogens with zero attached hydrogens (tertiary/aromatic N) is 5. The molecule has 2 aromatic heterocycles. The van der Waals surface area contributed by atoms with Crippen molar-refractivity contribution in [2.24, 2.45) is 0 Å². The number of hydrogen-bond donors (Lipinski definition) is 3. The van der Waals surface area contributed by atoms with Crippen molar-refractivity contribution in [3.63, 3.8) is 0 Å². The van der Waals surface area contributed by atoms with E-state index in [4.69, 9.17) is 4.98 Å². The van der Waals surface area contributed by atoms with E-state index in [-0.39, 0.29) is 12.5 Å². The molecule has 9 nitrogen and oxygen atoms in total. The molecule has 0 aliphatic heterocycles. The maximum absolute atomic E-state index is 13.0. The van der Waals surface area contributed by atoms with E-state index in [1.165, 1.54) is 19.1 Å². The molecule has 210 valence electrons. The third-order valence-corrected chi connectivity index (χ3v) is 6.18. The van der Waals surface area contributed by atoms with Crippen LogP contribution in [0, 0.1) is 0 Å². The minimum atomic E-state index is -4.40. The van der Waals surface area contributed by atoms with Crippen molar-refractivity contribution in [2.45, 2.75) is 19.6 Å². The number of amides is 1. The van der Waals surface area contributed by atoms with Crippen LogP contribution in [0.3, 0.4) is 0 Å². The molecule has 1 amide bonds. The van der Waals surface area contributed by atoms with Crippen molar-refractivity contribution in [3.8, 4) is 0 Å². The van der Waals surface area contributed by atoms with Gasteiger partial charge in [-0.1, -0.05) is 18.2 Å². The van der Waals surface area contributed by atoms with E-state index < -0.39 is 11.7 Å². The van der Waals surface area contributed by atoms with Gasteiger partial charge < -0.3 is 25.4 Å². The topological polar surface area (TPSA) is 100 Å². The average Bonchev–Trinajstić information content (AvgIpc) is 3.32. The predicted octanol–water partition coefficient (Wildman–Crippen LogP) is 6.41. The molecule has 0 aliphatic rings. The van der Waals surface area contributed by atoms with E-state index in [0.717, 1.165) is 23.5 Å². The molecule has 12 heteroatoms. The summed E-state index contributed by atoms with van der Waals surface area (Å²) >= 11 is 0. The van der Waals surface area contributed by atoms with Crippen molar-refractivity contribution in [3.05, 3.63) is 90.3 Å². The predicted molar refractivity (Wildman–Crippen MR) is 154 cm³/mol. The highest BCUT2D eigenvalue weighted by Gasteiger charge is 2.30. The van der Waals surface area contributed by atoms with Crippen LogP contribution in [0.4, 0.5) is 47.7 Å². The summed E-state index contributed by atoms with van der Waals surface area (Å²) in [4.78, 5) is 27.2. The number of aromatic nitrogens is 4. The van der Waals surface area contributed by atoms with Gasteiger partial charge in [0.1, 0.15) is 0 Å². The first kappa shape index (κ1) is 27.4. The zero-order chi connectivity index (χ0) is 29.1. The Morgan fingerprint density at radius 1 is 0.902 bits per heavy atom. The molecule has 5 rings (SSSR count). The summed E-state index contributed by atoms with van der Waals surface area (Å²) in [5.41, 5.74) is 4.04. The number of rotatable bonds is 8. The Labute approximate surface area is 234 Å². The fourth-order valence-corrected chi connectivity index (χ4v) is 4.17. The first-order chi connectivity index (χ1) is 19.5. The lowest BCUT2D eigenvalue weighted by Gasteiger charge is -2.15. The summed E-state index contributed by atoms with van der Waals surface area (Å²) in [6.45, 7) is 1.69. The maximum Gasteiger partial charge on any atom is 0.416 e. The Hall–Kier alpha value is -5.13. The summed E-state index contributed by atoms with van der Waals surface area (Å²) in [6, 6.07) is 19.9. The molecule has 5 aromatic rings. The Balaban J connectivity index is 1.51. The van der Waals surface area contributed by atoms with E-state index in [0.29, 0.717) is 39.9 Å². The van der Waals surface area contributed by atoms with Crippen molar-refractivity contribution in [1.29, 1.82) is 0 Å². The minimum absolute atomic E-state index is 0.171. The quantitative estimate of drug-likeness (QED) is 0.202. The number of imidazole rings is 1. The molecular weight excluding hydrogens is 533 g/mol. The second kappa shape index (κ2) is 11.2. The van der Waals surface area contributed by atoms with Crippen molar-refractivity contribution < 1.29 is 18.0 Å². The summed E-state index contributed by atoms with van der Waals surface area (Å²) in [6.07, 6.45) is -2.82. The van der Waals surface area contributed by atoms with Gasteiger partial charge in [0.25, 0.3) is 0 Å². The lowest BCUT2D eigenvalue weighted by molar-refractivity contribution is -0.137. The molecule has 0 fully saturated rings. The van der Waals surface area contributed by atoms with Gasteiger partial charge in [0, 0.05) is 43.8 Å². The molecule has 0 atom stereocenters. The van der Waals surface area contributed by atoms with Gasteiger partial charge in [0.15, 0.2) is 17.0 Å². The zero-order valence-corrected chi connectivity index (χ0v) is 22.5. The monoisotopic (exact) mass is 560 g/mol. The summed E-state index contributed by atoms with van der Waals surface area (Å²) in [7, 11) is 3.89. The number of hydrogen-bond acceptors (Lipinski definition) is 7. The molecule has 0 saturated carbocycles. The second-order valence-corrected chi connectivity index (χ2v) is 9.59. The Morgan fingerprint density at radius 2 is 1.61 bits per heavy atom. The summed E-state index contributed by atoms with van der Waals surface area (Å²) in [5, 5.41) is 9.25. The third kappa shape index (κ3) is 6.55. The lowest BCUT2D eigenvalue weighted by Crippen LogP contribution is -2.09. The van der Waals surface area contributed by atoms with E-state index in [2.05, 4.69) is 25.9 Å². The standard InChI is InChI=1S/C29H27F3N8O/c1-18(41)34-21-11-13-22(14-12-21)35-26-25-27(38-28(37-26)36-23-5-4-6-24(15-23)39(2)3)40(17-33-25)16-19-7-9-20(10-8-19)29(30,31)32/h4-15,17H,16H2,1-3H3,(H,34,41)(H2,35,36,37,38). The van der Waals surface area contributed by atoms with Crippen LogP contribution in [0.15, 0.2) is 79.1 Å². The van der Waals surface area contributed by atoms with Crippen LogP contribution in [-0.4, -0.2) is 39.5 Å². The number of nitrogens with one attached hydrogen (secondary N) is 3. The molecule has 0 unspecified atom stereocenters. The van der Waals surface area contributed by atoms with Crippen LogP contribution in [-0.2, 0) is 17.5 Å². The SMILES string of the molecule is CC(=O)Nc1ccc(Nc2nc(Nc3cccc(N(C)C)c3)nc3c2ncn3Cc2ccc(C(F)(F)F)cc2)cc1. The van der Waals surface area contributed by atoms with Gasteiger partial charge in [-0.25, -0.2) is 4.98 Å². The highest BCUT2D eigenvalue weighted by atomic mass is 19.4. The lowest BCUT2D eigenvalue weighted by atomic mass is 10.1. The van der Waals surface area contributed by atoms with Crippen LogP contribution in [0.5, 0.6) is 0 Å². The molecule has 41 heavy (non-hydrogen) atoms. The highest BCUT2D eigenvalue weighted by molar-refractivity contribution is 5.90. The van der Waals surface area contributed by atoms with Gasteiger partial charge in [0.05, 0.1) is 18.4 Å². The first-order valence-electron chi connectivity index (χ1n) is 12.6. The number of anilines is 6. The first-order valence-corrected chi connectivity index (χ1v) is 12.6. The number of benzene rings is 3. The normalized spacial score (nSPS) is 11.4. The molecule has 0 bridgehead atoms. The molecule has 2 heterocycles. The average molecular weight is 561 g/mol. The molecule has 3 aromatic carbocycles. The summed E-state index contributed by atoms with van der Waals surface area (Å²) in [5.74, 6) is 0.565. The van der Waals surface area contributed by atoms with E-state index in [9.17, 15) is 18.0 Å². The Morgan fingerprint density at radius 3 is 2.27 bits per heavy atom. The molecule has 0 spiro atoms.